The number of esters is 1. The molecule has 1 amide bonds. The number of carbonyl (C=O) groups is 2. The number of hydrogen-bond donors (Lipinski definition) is 1. The van der Waals surface area contributed by atoms with Gasteiger partial charge >= 0.3 is 5.97 Å². The largest absolute Gasteiger partial charge is 0.469 e. The summed E-state index contributed by atoms with van der Waals surface area (Å²) >= 11 is 3.34. The van der Waals surface area contributed by atoms with Crippen LogP contribution in [0.15, 0.2) is 28.7 Å². The third-order valence-corrected chi connectivity index (χ3v) is 3.64. The molecule has 0 heterocycles. The van der Waals surface area contributed by atoms with Crippen LogP contribution in [0.3, 0.4) is 0 Å². The molecule has 118 valence electrons. The number of halogens is 1. The van der Waals surface area contributed by atoms with Crippen LogP contribution in [0.1, 0.15) is 38.3 Å². The van der Waals surface area contributed by atoms with Crippen molar-refractivity contribution in [2.24, 2.45) is 5.41 Å². The minimum Gasteiger partial charge on any atom is -0.469 e. The topological polar surface area (TPSA) is 79.2 Å². The van der Waals surface area contributed by atoms with Crippen molar-refractivity contribution in [1.82, 2.24) is 5.32 Å². The average Bonchev–Trinajstić information content (AvgIpc) is 2.46. The molecule has 22 heavy (non-hydrogen) atoms. The van der Waals surface area contributed by atoms with Gasteiger partial charge in [-0.05, 0) is 31.5 Å². The Balaban J connectivity index is 2.87. The molecular weight excluding hydrogens is 348 g/mol. The highest BCUT2D eigenvalue weighted by molar-refractivity contribution is 9.10. The Kier molecular flexibility index (Phi) is 6.57. The van der Waals surface area contributed by atoms with E-state index in [0.717, 1.165) is 10.0 Å². The predicted molar refractivity (Wildman–Crippen MR) is 85.7 cm³/mol. The van der Waals surface area contributed by atoms with Gasteiger partial charge in [-0.25, -0.2) is 0 Å². The van der Waals surface area contributed by atoms with E-state index in [2.05, 4.69) is 32.1 Å². The van der Waals surface area contributed by atoms with Crippen LogP contribution in [0.4, 0.5) is 0 Å². The zero-order chi connectivity index (χ0) is 16.8. The predicted octanol–water partition coefficient (Wildman–Crippen LogP) is 3.11. The molecule has 0 saturated carbocycles. The number of amides is 1. The van der Waals surface area contributed by atoms with Gasteiger partial charge in [-0.2, -0.15) is 5.26 Å². The highest BCUT2D eigenvalue weighted by atomic mass is 79.9. The normalized spacial score (nSPS) is 12.1. The first kappa shape index (κ1) is 18.2. The molecule has 6 heteroatoms. The van der Waals surface area contributed by atoms with Crippen molar-refractivity contribution in [3.05, 3.63) is 34.3 Å². The van der Waals surface area contributed by atoms with Gasteiger partial charge in [0.2, 0.25) is 5.91 Å². The van der Waals surface area contributed by atoms with Crippen LogP contribution < -0.4 is 5.32 Å². The second-order valence-electron chi connectivity index (χ2n) is 5.62. The van der Waals surface area contributed by atoms with Gasteiger partial charge in [-0.1, -0.05) is 28.1 Å². The first-order chi connectivity index (χ1) is 10.3. The molecule has 1 aromatic rings. The lowest BCUT2D eigenvalue weighted by atomic mass is 9.90. The van der Waals surface area contributed by atoms with E-state index in [-0.39, 0.29) is 18.7 Å². The third-order valence-electron chi connectivity index (χ3n) is 3.11. The van der Waals surface area contributed by atoms with Gasteiger partial charge in [0.1, 0.15) is 0 Å². The van der Waals surface area contributed by atoms with Crippen molar-refractivity contribution in [2.75, 3.05) is 7.11 Å². The molecule has 0 radical (unpaired) electrons. The highest BCUT2D eigenvalue weighted by Crippen LogP contribution is 2.23. The van der Waals surface area contributed by atoms with Crippen molar-refractivity contribution in [3.63, 3.8) is 0 Å². The second kappa shape index (κ2) is 7.95. The Morgan fingerprint density at radius 2 is 1.95 bits per heavy atom. The van der Waals surface area contributed by atoms with Gasteiger partial charge in [-0.3, -0.25) is 9.59 Å². The average molecular weight is 367 g/mol. The summed E-state index contributed by atoms with van der Waals surface area (Å²) in [6, 6.07) is 8.93. The van der Waals surface area contributed by atoms with Gasteiger partial charge in [0.25, 0.3) is 0 Å². The van der Waals surface area contributed by atoms with Crippen molar-refractivity contribution < 1.29 is 14.3 Å². The van der Waals surface area contributed by atoms with E-state index in [1.54, 1.807) is 13.8 Å². The van der Waals surface area contributed by atoms with E-state index in [4.69, 9.17) is 5.26 Å². The number of rotatable bonds is 6. The maximum absolute atomic E-state index is 12.1. The molecular formula is C16H19BrN2O3. The first-order valence-electron chi connectivity index (χ1n) is 6.80. The zero-order valence-corrected chi connectivity index (χ0v) is 14.4. The monoisotopic (exact) mass is 366 g/mol. The first-order valence-corrected chi connectivity index (χ1v) is 7.59. The fourth-order valence-corrected chi connectivity index (χ4v) is 2.15. The van der Waals surface area contributed by atoms with Gasteiger partial charge < -0.3 is 10.1 Å². The molecule has 0 aliphatic heterocycles. The highest BCUT2D eigenvalue weighted by Gasteiger charge is 2.25. The Morgan fingerprint density at radius 3 is 2.45 bits per heavy atom. The van der Waals surface area contributed by atoms with E-state index >= 15 is 0 Å². The SMILES string of the molecule is COC(=O)CC(NC(=O)CC(C)(C)C#N)c1ccc(Br)cc1. The molecule has 0 aromatic heterocycles. The molecule has 5 nitrogen and oxygen atoms in total. The standard InChI is InChI=1S/C16H19BrN2O3/c1-16(2,10-18)9-14(20)19-13(8-15(21)22-3)11-4-6-12(17)7-5-11/h4-7,13H,8-9H2,1-3H3,(H,19,20). The van der Waals surface area contributed by atoms with Gasteiger partial charge in [0, 0.05) is 10.9 Å². The molecule has 0 aliphatic rings. The number of hydrogen-bond acceptors (Lipinski definition) is 4. The third kappa shape index (κ3) is 5.86. The van der Waals surface area contributed by atoms with Crippen LogP contribution in [0.25, 0.3) is 0 Å². The summed E-state index contributed by atoms with van der Waals surface area (Å²) in [7, 11) is 1.31. The van der Waals surface area contributed by atoms with Gasteiger partial charge in [0.05, 0.1) is 31.1 Å². The summed E-state index contributed by atoms with van der Waals surface area (Å²) in [6.07, 6.45) is 0.106. The zero-order valence-electron chi connectivity index (χ0n) is 12.9. The van der Waals surface area contributed by atoms with E-state index < -0.39 is 17.4 Å². The van der Waals surface area contributed by atoms with Gasteiger partial charge in [-0.15, -0.1) is 0 Å². The van der Waals surface area contributed by atoms with Crippen LogP contribution in [0.5, 0.6) is 0 Å². The maximum Gasteiger partial charge on any atom is 0.307 e. The Hall–Kier alpha value is -1.87. The lowest BCUT2D eigenvalue weighted by Crippen LogP contribution is -2.33. The van der Waals surface area contributed by atoms with Crippen molar-refractivity contribution >= 4 is 27.8 Å². The summed E-state index contributed by atoms with van der Waals surface area (Å²) in [6.45, 7) is 3.39. The number of methoxy groups -OCH3 is 1. The van der Waals surface area contributed by atoms with E-state index in [9.17, 15) is 9.59 Å². The maximum atomic E-state index is 12.1. The Morgan fingerprint density at radius 1 is 1.36 bits per heavy atom. The van der Waals surface area contributed by atoms with Crippen LogP contribution in [0, 0.1) is 16.7 Å². The molecule has 1 aromatic carbocycles. The summed E-state index contributed by atoms with van der Waals surface area (Å²) in [5.74, 6) is -0.684. The molecule has 1 atom stereocenters. The van der Waals surface area contributed by atoms with Crippen molar-refractivity contribution in [3.8, 4) is 6.07 Å². The van der Waals surface area contributed by atoms with Crippen LogP contribution in [-0.4, -0.2) is 19.0 Å². The van der Waals surface area contributed by atoms with Crippen LogP contribution in [-0.2, 0) is 14.3 Å². The molecule has 1 unspecified atom stereocenters. The second-order valence-corrected chi connectivity index (χ2v) is 6.54. The number of ether oxygens (including phenoxy) is 1. The van der Waals surface area contributed by atoms with Gasteiger partial charge in [0.15, 0.2) is 0 Å². The number of benzene rings is 1. The lowest BCUT2D eigenvalue weighted by molar-refractivity contribution is -0.141. The summed E-state index contributed by atoms with van der Waals surface area (Å²) in [5, 5.41) is 11.8. The summed E-state index contributed by atoms with van der Waals surface area (Å²) < 4.78 is 5.59. The Labute approximate surface area is 138 Å². The number of nitrogens with zero attached hydrogens (tertiary/aromatic N) is 1. The number of carbonyl (C=O) groups excluding carboxylic acids is 2. The molecule has 0 fully saturated rings. The van der Waals surface area contributed by atoms with E-state index in [1.807, 2.05) is 24.3 Å². The van der Waals surface area contributed by atoms with Crippen LogP contribution in [0.2, 0.25) is 0 Å². The van der Waals surface area contributed by atoms with Crippen molar-refractivity contribution in [2.45, 2.75) is 32.7 Å². The molecule has 0 aliphatic carbocycles. The molecule has 0 saturated heterocycles. The summed E-state index contributed by atoms with van der Waals surface area (Å²) in [4.78, 5) is 23.7. The van der Waals surface area contributed by atoms with Crippen LogP contribution >= 0.6 is 15.9 Å². The lowest BCUT2D eigenvalue weighted by Gasteiger charge is -2.21. The minimum absolute atomic E-state index is 0.0385. The minimum atomic E-state index is -0.750. The number of nitrogens with one attached hydrogen (secondary N) is 1. The quantitative estimate of drug-likeness (QED) is 0.784. The fourth-order valence-electron chi connectivity index (χ4n) is 1.88. The smallest absolute Gasteiger partial charge is 0.307 e. The molecule has 0 spiro atoms. The van der Waals surface area contributed by atoms with E-state index in [1.165, 1.54) is 7.11 Å². The molecule has 0 bridgehead atoms. The number of nitriles is 1. The van der Waals surface area contributed by atoms with Crippen molar-refractivity contribution in [1.29, 1.82) is 5.26 Å². The fraction of sp³-hybridized carbons (Fsp3) is 0.438. The summed E-state index contributed by atoms with van der Waals surface area (Å²) in [5.41, 5.74) is 0.0521. The molecule has 1 rings (SSSR count). The van der Waals surface area contributed by atoms with E-state index in [0.29, 0.717) is 0 Å². The molecule has 1 N–H and O–H groups in total. The Bertz CT molecular complexity index is 576.